The second-order valence-electron chi connectivity index (χ2n) is 4.86. The molecule has 0 radical (unpaired) electrons. The number of carboxylic acid groups (broad SMARTS) is 1. The summed E-state index contributed by atoms with van der Waals surface area (Å²) in [7, 11) is 1.41. The van der Waals surface area contributed by atoms with Crippen LogP contribution in [0.15, 0.2) is 35.3 Å². The van der Waals surface area contributed by atoms with E-state index in [1.54, 1.807) is 24.3 Å². The molecule has 1 N–H and O–H groups in total. The fourth-order valence-corrected chi connectivity index (χ4v) is 1.95. The van der Waals surface area contributed by atoms with Gasteiger partial charge in [0.2, 0.25) is 0 Å². The molecule has 2 aromatic rings. The van der Waals surface area contributed by atoms with Crippen molar-refractivity contribution in [3.63, 3.8) is 0 Å². The van der Waals surface area contributed by atoms with Crippen molar-refractivity contribution in [2.45, 2.75) is 20.0 Å². The van der Waals surface area contributed by atoms with E-state index in [1.165, 1.54) is 13.2 Å². The van der Waals surface area contributed by atoms with Crippen LogP contribution in [0.4, 0.5) is 0 Å². The fourth-order valence-electron chi connectivity index (χ4n) is 1.95. The van der Waals surface area contributed by atoms with Crippen LogP contribution in [0, 0.1) is 0 Å². The first-order valence-electron chi connectivity index (χ1n) is 6.47. The predicted octanol–water partition coefficient (Wildman–Crippen LogP) is 1.93. The van der Waals surface area contributed by atoms with Gasteiger partial charge in [0.25, 0.3) is 5.56 Å². The number of aryl methyl sites for hydroxylation is 1. The number of rotatable bonds is 4. The van der Waals surface area contributed by atoms with Crippen LogP contribution < -0.4 is 10.3 Å². The second-order valence-corrected chi connectivity index (χ2v) is 4.86. The molecule has 6 nitrogen and oxygen atoms in total. The van der Waals surface area contributed by atoms with E-state index in [4.69, 9.17) is 4.74 Å². The van der Waals surface area contributed by atoms with Crippen molar-refractivity contribution in [2.75, 3.05) is 0 Å². The number of benzene rings is 1. The maximum absolute atomic E-state index is 11.9. The van der Waals surface area contributed by atoms with Gasteiger partial charge in [-0.3, -0.25) is 4.79 Å². The number of aromatic carboxylic acids is 1. The van der Waals surface area contributed by atoms with Crippen LogP contribution in [-0.2, 0) is 7.05 Å². The lowest BCUT2D eigenvalue weighted by molar-refractivity contribution is 0.0694. The summed E-state index contributed by atoms with van der Waals surface area (Å²) < 4.78 is 6.53. The van der Waals surface area contributed by atoms with Gasteiger partial charge in [-0.1, -0.05) is 12.1 Å². The summed E-state index contributed by atoms with van der Waals surface area (Å²) in [6.45, 7) is 3.84. The highest BCUT2D eigenvalue weighted by molar-refractivity contribution is 5.95. The topological polar surface area (TPSA) is 81.4 Å². The molecule has 2 rings (SSSR count). The molecule has 110 valence electrons. The highest BCUT2D eigenvalue weighted by atomic mass is 16.5. The van der Waals surface area contributed by atoms with Crippen molar-refractivity contribution in [2.24, 2.45) is 7.05 Å². The first-order chi connectivity index (χ1) is 9.90. The second kappa shape index (κ2) is 5.78. The minimum absolute atomic E-state index is 0.0520. The Kier molecular flexibility index (Phi) is 4.07. The molecule has 0 aliphatic heterocycles. The van der Waals surface area contributed by atoms with E-state index in [9.17, 15) is 14.7 Å². The third-order valence-electron chi connectivity index (χ3n) is 2.89. The van der Waals surface area contributed by atoms with Crippen molar-refractivity contribution in [1.82, 2.24) is 9.78 Å². The summed E-state index contributed by atoms with van der Waals surface area (Å²) >= 11 is 0. The molecule has 0 aliphatic carbocycles. The van der Waals surface area contributed by atoms with E-state index in [0.717, 1.165) is 4.68 Å². The molecule has 1 aromatic heterocycles. The van der Waals surface area contributed by atoms with E-state index in [2.05, 4.69) is 5.10 Å². The zero-order chi connectivity index (χ0) is 15.6. The van der Waals surface area contributed by atoms with Gasteiger partial charge in [0.1, 0.15) is 11.3 Å². The number of nitrogens with zero attached hydrogens (tertiary/aromatic N) is 2. The van der Waals surface area contributed by atoms with E-state index in [-0.39, 0.29) is 11.7 Å². The summed E-state index contributed by atoms with van der Waals surface area (Å²) in [6, 6.07) is 6.89. The molecule has 0 spiro atoms. The van der Waals surface area contributed by atoms with Crippen molar-refractivity contribution in [3.8, 4) is 16.9 Å². The predicted molar refractivity (Wildman–Crippen MR) is 77.6 cm³/mol. The molecule has 0 unspecified atom stereocenters. The van der Waals surface area contributed by atoms with Crippen LogP contribution in [0.25, 0.3) is 11.1 Å². The summed E-state index contributed by atoms with van der Waals surface area (Å²) in [4.78, 5) is 23.2. The number of aromatic nitrogens is 2. The van der Waals surface area contributed by atoms with Gasteiger partial charge in [0.15, 0.2) is 0 Å². The molecule has 0 saturated carbocycles. The fraction of sp³-hybridized carbons (Fsp3) is 0.267. The SMILES string of the molecule is CC(C)Oc1ccc(-c2cnn(C)c(=O)c2C(=O)O)cc1. The van der Waals surface area contributed by atoms with Gasteiger partial charge in [-0.2, -0.15) is 5.10 Å². The molecule has 0 aliphatic rings. The Labute approximate surface area is 121 Å². The van der Waals surface area contributed by atoms with E-state index < -0.39 is 11.5 Å². The molecule has 21 heavy (non-hydrogen) atoms. The molecular weight excluding hydrogens is 272 g/mol. The van der Waals surface area contributed by atoms with Gasteiger partial charge in [-0.15, -0.1) is 0 Å². The van der Waals surface area contributed by atoms with Crippen LogP contribution in [0.1, 0.15) is 24.2 Å². The van der Waals surface area contributed by atoms with Gasteiger partial charge in [-0.05, 0) is 31.5 Å². The lowest BCUT2D eigenvalue weighted by Crippen LogP contribution is -2.27. The Hall–Kier alpha value is -2.63. The summed E-state index contributed by atoms with van der Waals surface area (Å²) in [5.74, 6) is -0.585. The largest absolute Gasteiger partial charge is 0.491 e. The first kappa shape index (κ1) is 14.8. The first-order valence-corrected chi connectivity index (χ1v) is 6.47. The number of hydrogen-bond donors (Lipinski definition) is 1. The molecule has 0 fully saturated rings. The van der Waals surface area contributed by atoms with Crippen LogP contribution >= 0.6 is 0 Å². The van der Waals surface area contributed by atoms with Crippen LogP contribution in [0.2, 0.25) is 0 Å². The average molecular weight is 288 g/mol. The van der Waals surface area contributed by atoms with Crippen LogP contribution in [0.3, 0.4) is 0 Å². The minimum atomic E-state index is -1.27. The maximum atomic E-state index is 11.9. The van der Waals surface area contributed by atoms with Gasteiger partial charge < -0.3 is 9.84 Å². The van der Waals surface area contributed by atoms with Crippen molar-refractivity contribution < 1.29 is 14.6 Å². The number of carboxylic acids is 1. The Morgan fingerprint density at radius 3 is 2.43 bits per heavy atom. The van der Waals surface area contributed by atoms with E-state index in [1.807, 2.05) is 13.8 Å². The molecule has 1 heterocycles. The third kappa shape index (κ3) is 3.10. The number of hydrogen-bond acceptors (Lipinski definition) is 4. The van der Waals surface area contributed by atoms with Gasteiger partial charge in [0.05, 0.1) is 12.3 Å². The van der Waals surface area contributed by atoms with Gasteiger partial charge >= 0.3 is 5.97 Å². The Bertz CT molecular complexity index is 717. The van der Waals surface area contributed by atoms with Crippen LogP contribution in [-0.4, -0.2) is 27.0 Å². The highest BCUT2D eigenvalue weighted by Crippen LogP contribution is 2.24. The van der Waals surface area contributed by atoms with Crippen molar-refractivity contribution in [3.05, 3.63) is 46.4 Å². The lowest BCUT2D eigenvalue weighted by atomic mass is 10.0. The van der Waals surface area contributed by atoms with Gasteiger partial charge in [-0.25, -0.2) is 9.48 Å². The molecule has 0 bridgehead atoms. The molecule has 6 heteroatoms. The summed E-state index contributed by atoms with van der Waals surface area (Å²) in [5, 5.41) is 13.1. The van der Waals surface area contributed by atoms with Gasteiger partial charge in [0, 0.05) is 12.6 Å². The zero-order valence-corrected chi connectivity index (χ0v) is 12.0. The Balaban J connectivity index is 2.50. The standard InChI is InChI=1S/C15H16N2O4/c1-9(2)21-11-6-4-10(5-7-11)12-8-16-17(3)14(18)13(12)15(19)20/h4-9H,1-3H3,(H,19,20). The van der Waals surface area contributed by atoms with Crippen molar-refractivity contribution in [1.29, 1.82) is 0 Å². The van der Waals surface area contributed by atoms with E-state index >= 15 is 0 Å². The molecule has 0 saturated heterocycles. The quantitative estimate of drug-likeness (QED) is 0.929. The minimum Gasteiger partial charge on any atom is -0.491 e. The normalized spacial score (nSPS) is 10.7. The highest BCUT2D eigenvalue weighted by Gasteiger charge is 2.18. The smallest absolute Gasteiger partial charge is 0.342 e. The molecule has 1 aromatic carbocycles. The molecule has 0 atom stereocenters. The maximum Gasteiger partial charge on any atom is 0.342 e. The van der Waals surface area contributed by atoms with Crippen molar-refractivity contribution >= 4 is 5.97 Å². The number of carbonyl (C=O) groups is 1. The van der Waals surface area contributed by atoms with E-state index in [0.29, 0.717) is 16.9 Å². The lowest BCUT2D eigenvalue weighted by Gasteiger charge is -2.11. The monoisotopic (exact) mass is 288 g/mol. The average Bonchev–Trinajstić information content (AvgIpc) is 2.41. The summed E-state index contributed by atoms with van der Waals surface area (Å²) in [5.41, 5.74) is -0.0251. The number of ether oxygens (including phenoxy) is 1. The Morgan fingerprint density at radius 1 is 1.29 bits per heavy atom. The molecule has 0 amide bonds. The Morgan fingerprint density at radius 2 is 1.90 bits per heavy atom. The third-order valence-corrected chi connectivity index (χ3v) is 2.89. The summed E-state index contributed by atoms with van der Waals surface area (Å²) in [6.07, 6.45) is 1.43. The molecular formula is C15H16N2O4. The zero-order valence-electron chi connectivity index (χ0n) is 12.0. The van der Waals surface area contributed by atoms with Crippen LogP contribution in [0.5, 0.6) is 5.75 Å².